The summed E-state index contributed by atoms with van der Waals surface area (Å²) < 4.78 is 13.4. The Morgan fingerprint density at radius 2 is 1.92 bits per heavy atom. The number of amides is 1. The largest absolute Gasteiger partial charge is 0.332 e. The van der Waals surface area contributed by atoms with Gasteiger partial charge in [-0.05, 0) is 56.2 Å². The zero-order valence-corrected chi connectivity index (χ0v) is 15.0. The molecule has 0 saturated heterocycles. The smallest absolute Gasteiger partial charge is 0.267 e. The lowest BCUT2D eigenvalue weighted by atomic mass is 10.2. The van der Waals surface area contributed by atoms with Crippen LogP contribution in [0.1, 0.15) is 26.5 Å². The molecule has 0 spiro atoms. The summed E-state index contributed by atoms with van der Waals surface area (Å²) in [5.74, 6) is -0.676. The topological polar surface area (TPSA) is 54.0 Å². The van der Waals surface area contributed by atoms with Gasteiger partial charge in [-0.15, -0.1) is 0 Å². The number of nitrogens with zero attached hydrogens (tertiary/aromatic N) is 1. The van der Waals surface area contributed by atoms with Crippen LogP contribution in [0.25, 0.3) is 0 Å². The lowest BCUT2D eigenvalue weighted by molar-refractivity contribution is 0.102. The predicted molar refractivity (Wildman–Crippen MR) is 100 cm³/mol. The van der Waals surface area contributed by atoms with E-state index < -0.39 is 0 Å². The molecule has 25 heavy (non-hydrogen) atoms. The summed E-state index contributed by atoms with van der Waals surface area (Å²) in [6.45, 7) is 5.61. The number of benzene rings is 2. The molecule has 0 atom stereocenters. The van der Waals surface area contributed by atoms with Gasteiger partial charge in [-0.2, -0.15) is 0 Å². The third-order valence-electron chi connectivity index (χ3n) is 3.72. The lowest BCUT2D eigenvalue weighted by Gasteiger charge is -2.07. The predicted octanol–water partition coefficient (Wildman–Crippen LogP) is 5.20. The maximum Gasteiger partial charge on any atom is 0.267 e. The Morgan fingerprint density at radius 3 is 2.68 bits per heavy atom. The van der Waals surface area contributed by atoms with Crippen LogP contribution in [0.3, 0.4) is 0 Å². The Bertz CT molecular complexity index is 936. The van der Waals surface area contributed by atoms with Crippen LogP contribution in [-0.4, -0.2) is 10.9 Å². The lowest BCUT2D eigenvalue weighted by Crippen LogP contribution is -2.12. The van der Waals surface area contributed by atoms with Gasteiger partial charge in [0.2, 0.25) is 0 Å². The fourth-order valence-corrected chi connectivity index (χ4v) is 3.30. The van der Waals surface area contributed by atoms with E-state index in [1.807, 2.05) is 38.1 Å². The van der Waals surface area contributed by atoms with Crippen LogP contribution >= 0.6 is 11.3 Å². The fourth-order valence-electron chi connectivity index (χ4n) is 2.41. The number of hydrogen-bond donors (Lipinski definition) is 2. The van der Waals surface area contributed by atoms with Crippen molar-refractivity contribution in [2.75, 3.05) is 10.6 Å². The zero-order chi connectivity index (χ0) is 18.0. The molecule has 0 unspecified atom stereocenters. The summed E-state index contributed by atoms with van der Waals surface area (Å²) in [7, 11) is 0. The number of anilines is 3. The first-order valence-electron chi connectivity index (χ1n) is 7.81. The molecule has 1 amide bonds. The van der Waals surface area contributed by atoms with Crippen LogP contribution in [0, 0.1) is 26.6 Å². The fraction of sp³-hybridized carbons (Fsp3) is 0.158. The van der Waals surface area contributed by atoms with Crippen molar-refractivity contribution in [1.29, 1.82) is 0 Å². The van der Waals surface area contributed by atoms with E-state index in [1.54, 1.807) is 13.0 Å². The molecule has 0 fully saturated rings. The first-order chi connectivity index (χ1) is 11.9. The average Bonchev–Trinajstić information content (AvgIpc) is 2.91. The SMILES string of the molecule is Cc1cccc(Nc2nc(C)c(C(=O)Nc3cc(F)ccc3C)s2)c1. The number of nitrogens with one attached hydrogen (secondary N) is 2. The molecule has 0 bridgehead atoms. The van der Waals surface area contributed by atoms with Gasteiger partial charge in [-0.3, -0.25) is 4.79 Å². The van der Waals surface area contributed by atoms with Gasteiger partial charge in [-0.25, -0.2) is 9.37 Å². The van der Waals surface area contributed by atoms with Crippen molar-refractivity contribution in [3.63, 3.8) is 0 Å². The van der Waals surface area contributed by atoms with Crippen molar-refractivity contribution in [2.45, 2.75) is 20.8 Å². The van der Waals surface area contributed by atoms with Crippen molar-refractivity contribution in [3.8, 4) is 0 Å². The van der Waals surface area contributed by atoms with Crippen molar-refractivity contribution in [1.82, 2.24) is 4.98 Å². The molecule has 0 aliphatic heterocycles. The Kier molecular flexibility index (Phi) is 4.81. The van der Waals surface area contributed by atoms with Crippen LogP contribution in [0.5, 0.6) is 0 Å². The van der Waals surface area contributed by atoms with Gasteiger partial charge in [0.15, 0.2) is 5.13 Å². The molecule has 0 aliphatic carbocycles. The van der Waals surface area contributed by atoms with Gasteiger partial charge < -0.3 is 10.6 Å². The van der Waals surface area contributed by atoms with Gasteiger partial charge >= 0.3 is 0 Å². The van der Waals surface area contributed by atoms with E-state index in [9.17, 15) is 9.18 Å². The molecule has 3 rings (SSSR count). The normalized spacial score (nSPS) is 10.6. The van der Waals surface area contributed by atoms with Crippen molar-refractivity contribution in [2.24, 2.45) is 0 Å². The number of halogens is 1. The highest BCUT2D eigenvalue weighted by atomic mass is 32.1. The first-order valence-corrected chi connectivity index (χ1v) is 8.62. The molecular formula is C19H18FN3OS. The molecular weight excluding hydrogens is 337 g/mol. The first kappa shape index (κ1) is 17.1. The number of hydrogen-bond acceptors (Lipinski definition) is 4. The minimum Gasteiger partial charge on any atom is -0.332 e. The van der Waals surface area contributed by atoms with Gasteiger partial charge in [0, 0.05) is 11.4 Å². The second-order valence-electron chi connectivity index (χ2n) is 5.84. The summed E-state index contributed by atoms with van der Waals surface area (Å²) in [5.41, 5.74) is 3.95. The van der Waals surface area contributed by atoms with Crippen molar-refractivity contribution >= 4 is 33.8 Å². The number of carbonyl (C=O) groups is 1. The second-order valence-corrected chi connectivity index (χ2v) is 6.84. The minimum atomic E-state index is -0.385. The minimum absolute atomic E-state index is 0.291. The van der Waals surface area contributed by atoms with E-state index in [-0.39, 0.29) is 11.7 Å². The number of aromatic nitrogens is 1. The maximum absolute atomic E-state index is 13.4. The van der Waals surface area contributed by atoms with Crippen LogP contribution in [-0.2, 0) is 0 Å². The van der Waals surface area contributed by atoms with Gasteiger partial charge in [0.1, 0.15) is 10.7 Å². The third-order valence-corrected chi connectivity index (χ3v) is 4.79. The second kappa shape index (κ2) is 7.03. The average molecular weight is 355 g/mol. The molecule has 128 valence electrons. The molecule has 6 heteroatoms. The molecule has 3 aromatic rings. The Hall–Kier alpha value is -2.73. The van der Waals surface area contributed by atoms with E-state index in [4.69, 9.17) is 0 Å². The molecule has 1 aromatic heterocycles. The maximum atomic E-state index is 13.4. The highest BCUT2D eigenvalue weighted by Gasteiger charge is 2.16. The number of aryl methyl sites for hydroxylation is 3. The van der Waals surface area contributed by atoms with Crippen LogP contribution in [0.4, 0.5) is 20.9 Å². The van der Waals surface area contributed by atoms with Gasteiger partial charge in [0.05, 0.1) is 5.69 Å². The highest BCUT2D eigenvalue weighted by Crippen LogP contribution is 2.27. The molecule has 2 N–H and O–H groups in total. The van der Waals surface area contributed by atoms with Crippen LogP contribution in [0.15, 0.2) is 42.5 Å². The molecule has 2 aromatic carbocycles. The summed E-state index contributed by atoms with van der Waals surface area (Å²) in [6, 6.07) is 12.2. The number of carbonyl (C=O) groups excluding carboxylic acids is 1. The molecule has 0 radical (unpaired) electrons. The molecule has 4 nitrogen and oxygen atoms in total. The van der Waals surface area contributed by atoms with E-state index in [0.717, 1.165) is 16.8 Å². The standard InChI is InChI=1S/C19H18FN3OS/c1-11-5-4-6-15(9-11)22-19-21-13(3)17(25-19)18(24)23-16-10-14(20)8-7-12(16)2/h4-10H,1-3H3,(H,21,22)(H,23,24). The quantitative estimate of drug-likeness (QED) is 0.676. The summed E-state index contributed by atoms with van der Waals surface area (Å²) in [5, 5.41) is 6.61. The summed E-state index contributed by atoms with van der Waals surface area (Å²) >= 11 is 1.27. The molecule has 1 heterocycles. The molecule has 0 aliphatic rings. The number of thiazole rings is 1. The Balaban J connectivity index is 1.79. The summed E-state index contributed by atoms with van der Waals surface area (Å²) in [4.78, 5) is 17.4. The molecule has 0 saturated carbocycles. The van der Waals surface area contributed by atoms with Crippen molar-refractivity contribution in [3.05, 3.63) is 70.0 Å². The van der Waals surface area contributed by atoms with E-state index in [1.165, 1.54) is 23.5 Å². The van der Waals surface area contributed by atoms with Crippen molar-refractivity contribution < 1.29 is 9.18 Å². The van der Waals surface area contributed by atoms with Crippen LogP contribution < -0.4 is 10.6 Å². The monoisotopic (exact) mass is 355 g/mol. The van der Waals surface area contributed by atoms with E-state index in [0.29, 0.717) is 21.4 Å². The van der Waals surface area contributed by atoms with Crippen LogP contribution in [0.2, 0.25) is 0 Å². The van der Waals surface area contributed by atoms with Gasteiger partial charge in [0.25, 0.3) is 5.91 Å². The highest BCUT2D eigenvalue weighted by molar-refractivity contribution is 7.17. The summed E-state index contributed by atoms with van der Waals surface area (Å²) in [6.07, 6.45) is 0. The zero-order valence-electron chi connectivity index (χ0n) is 14.2. The Morgan fingerprint density at radius 1 is 1.12 bits per heavy atom. The Labute approximate surface area is 149 Å². The van der Waals surface area contributed by atoms with E-state index in [2.05, 4.69) is 15.6 Å². The third kappa shape index (κ3) is 4.03. The number of rotatable bonds is 4. The van der Waals surface area contributed by atoms with E-state index >= 15 is 0 Å². The van der Waals surface area contributed by atoms with Gasteiger partial charge in [-0.1, -0.05) is 29.5 Å².